The zero-order valence-corrected chi connectivity index (χ0v) is 33.7. The smallest absolute Gasteiger partial charge is 0.409 e. The van der Waals surface area contributed by atoms with Gasteiger partial charge >= 0.3 is 6.09 Å². The number of aliphatic hydroxyl groups is 2. The number of oxime groups is 1. The van der Waals surface area contributed by atoms with Crippen molar-refractivity contribution in [3.05, 3.63) is 90.3 Å². The number of aliphatic hydroxyl groups excluding tert-OH is 2. The van der Waals surface area contributed by atoms with Crippen LogP contribution in [0.4, 0.5) is 4.79 Å². The lowest BCUT2D eigenvalue weighted by molar-refractivity contribution is -0.254. The fourth-order valence-corrected chi connectivity index (χ4v) is 9.03. The molecule has 2 aliphatic heterocycles. The molecule has 1 saturated carbocycles. The first-order valence-electron chi connectivity index (χ1n) is 20.7. The standard InChI is InChI=1S/C45H61N3O9/c1-5-7-25-53-44(51)48(4)40-29-38(47-57-41-19-10-13-26-52-41)36-27-32(16-8-11-22-49)35(18-9-12-23-50)42-37-28-34(54-30-33-17-14-15-31(3)46-33)20-21-39(37)56-45(40,43(36)42)55-24-6-2/h5-6,14-15,17,20-21,27-28,32,35,40-43,49-50H,1-2,7-13,16,18-19,22-26,29-30H2,3-4H3/t32-,35+,40-,41?,42+,43+,45+/m0/s1. The lowest BCUT2D eigenvalue weighted by Gasteiger charge is -2.59. The zero-order chi connectivity index (χ0) is 40.2. The van der Waals surface area contributed by atoms with Crippen molar-refractivity contribution in [2.75, 3.05) is 40.1 Å². The van der Waals surface area contributed by atoms with E-state index in [-0.39, 0.29) is 50.6 Å². The Morgan fingerprint density at radius 3 is 2.65 bits per heavy atom. The molecule has 1 saturated heterocycles. The number of fused-ring (bicyclic) bond motifs is 2. The van der Waals surface area contributed by atoms with Crippen LogP contribution in [0.1, 0.15) is 93.5 Å². The van der Waals surface area contributed by atoms with Crippen LogP contribution in [-0.2, 0) is 25.7 Å². The van der Waals surface area contributed by atoms with Gasteiger partial charge in [0.05, 0.1) is 37.1 Å². The van der Waals surface area contributed by atoms with Crippen LogP contribution in [0.5, 0.6) is 11.5 Å². The van der Waals surface area contributed by atoms with Crippen molar-refractivity contribution >= 4 is 11.8 Å². The largest absolute Gasteiger partial charge is 0.487 e. The Morgan fingerprint density at radius 2 is 1.91 bits per heavy atom. The Bertz CT molecular complexity index is 1730. The molecule has 12 heteroatoms. The molecule has 0 spiro atoms. The van der Waals surface area contributed by atoms with Crippen LogP contribution in [0.2, 0.25) is 0 Å². The van der Waals surface area contributed by atoms with E-state index in [0.29, 0.717) is 49.7 Å². The molecular formula is C45H61N3O9. The highest BCUT2D eigenvalue weighted by Gasteiger charge is 2.65. The molecule has 12 nitrogen and oxygen atoms in total. The van der Waals surface area contributed by atoms with Gasteiger partial charge in [-0.15, -0.1) is 13.2 Å². The summed E-state index contributed by atoms with van der Waals surface area (Å²) in [5.41, 5.74) is 4.39. The Balaban J connectivity index is 1.52. The van der Waals surface area contributed by atoms with Crippen LogP contribution in [-0.4, -0.2) is 90.1 Å². The van der Waals surface area contributed by atoms with Crippen molar-refractivity contribution in [1.82, 2.24) is 9.88 Å². The molecule has 0 bridgehead atoms. The molecule has 2 N–H and O–H groups in total. The van der Waals surface area contributed by atoms with Gasteiger partial charge in [-0.25, -0.2) is 4.79 Å². The van der Waals surface area contributed by atoms with Crippen LogP contribution in [0.15, 0.2) is 78.5 Å². The molecule has 2 fully saturated rings. The van der Waals surface area contributed by atoms with E-state index in [2.05, 4.69) is 30.3 Å². The number of pyridine rings is 1. The summed E-state index contributed by atoms with van der Waals surface area (Å²) in [4.78, 5) is 26.3. The van der Waals surface area contributed by atoms with Gasteiger partial charge in [-0.05, 0) is 99.6 Å². The number of amides is 1. The molecule has 57 heavy (non-hydrogen) atoms. The molecule has 2 aliphatic carbocycles. The minimum atomic E-state index is -1.37. The normalized spacial score (nSPS) is 26.9. The van der Waals surface area contributed by atoms with E-state index in [9.17, 15) is 15.0 Å². The van der Waals surface area contributed by atoms with Crippen molar-refractivity contribution < 1.29 is 43.5 Å². The molecule has 1 aromatic heterocycles. The number of hydrogen-bond acceptors (Lipinski definition) is 11. The summed E-state index contributed by atoms with van der Waals surface area (Å²) in [6.07, 6.45) is 13.0. The predicted octanol–water partition coefficient (Wildman–Crippen LogP) is 7.77. The second kappa shape index (κ2) is 20.5. The third kappa shape index (κ3) is 9.91. The average Bonchev–Trinajstić information content (AvgIpc) is 3.22. The number of likely N-dealkylation sites (N-methyl/N-ethyl adjacent to an activating group) is 1. The molecule has 7 atom stereocenters. The van der Waals surface area contributed by atoms with Gasteiger partial charge in [-0.1, -0.05) is 42.3 Å². The van der Waals surface area contributed by atoms with E-state index < -0.39 is 30.1 Å². The number of carbonyl (C=O) groups excluding carboxylic acids is 1. The first kappa shape index (κ1) is 42.4. The van der Waals surface area contributed by atoms with Gasteiger partial charge in [-0.3, -0.25) is 4.98 Å². The Hall–Kier alpha value is -4.23. The molecule has 1 amide bonds. The number of ether oxygens (including phenoxy) is 5. The number of nitrogens with zero attached hydrogens (tertiary/aromatic N) is 3. The zero-order valence-electron chi connectivity index (χ0n) is 33.7. The van der Waals surface area contributed by atoms with Gasteiger partial charge < -0.3 is 43.6 Å². The molecular weight excluding hydrogens is 727 g/mol. The van der Waals surface area contributed by atoms with Gasteiger partial charge in [0.1, 0.15) is 24.1 Å². The molecule has 4 aliphatic rings. The third-order valence-electron chi connectivity index (χ3n) is 11.7. The second-order valence-corrected chi connectivity index (χ2v) is 15.5. The maximum Gasteiger partial charge on any atom is 0.409 e. The van der Waals surface area contributed by atoms with Crippen LogP contribution in [0, 0.1) is 24.7 Å². The Kier molecular flexibility index (Phi) is 15.2. The van der Waals surface area contributed by atoms with Gasteiger partial charge in [0, 0.05) is 50.3 Å². The van der Waals surface area contributed by atoms with Crippen molar-refractivity contribution in [2.45, 2.75) is 108 Å². The summed E-state index contributed by atoms with van der Waals surface area (Å²) in [7, 11) is 1.72. The molecule has 3 heterocycles. The first-order chi connectivity index (χ1) is 27.8. The number of carbonyl (C=O) groups is 1. The maximum absolute atomic E-state index is 13.9. The van der Waals surface area contributed by atoms with Gasteiger partial charge in [0.2, 0.25) is 12.1 Å². The number of unbranched alkanes of at least 4 members (excludes halogenated alkanes) is 2. The minimum absolute atomic E-state index is 0.0829. The Labute approximate surface area is 337 Å². The summed E-state index contributed by atoms with van der Waals surface area (Å²) in [5, 5.41) is 24.6. The van der Waals surface area contributed by atoms with Crippen molar-refractivity contribution in [3.8, 4) is 11.5 Å². The van der Waals surface area contributed by atoms with Crippen molar-refractivity contribution in [1.29, 1.82) is 0 Å². The molecule has 0 radical (unpaired) electrons. The second-order valence-electron chi connectivity index (χ2n) is 15.5. The molecule has 6 rings (SSSR count). The topological polar surface area (TPSA) is 141 Å². The minimum Gasteiger partial charge on any atom is -0.487 e. The van der Waals surface area contributed by atoms with Crippen molar-refractivity contribution in [3.63, 3.8) is 0 Å². The van der Waals surface area contributed by atoms with Gasteiger partial charge in [0.15, 0.2) is 0 Å². The number of aryl methyl sites for hydroxylation is 1. The van der Waals surface area contributed by atoms with Crippen molar-refractivity contribution in [2.24, 2.45) is 22.9 Å². The van der Waals surface area contributed by atoms with E-state index in [1.807, 2.05) is 37.3 Å². The molecule has 310 valence electrons. The van der Waals surface area contributed by atoms with E-state index in [0.717, 1.165) is 67.5 Å². The summed E-state index contributed by atoms with van der Waals surface area (Å²) in [5.74, 6) is -0.475. The highest BCUT2D eigenvalue weighted by molar-refractivity contribution is 6.02. The number of rotatable bonds is 20. The quantitative estimate of drug-likeness (QED) is 0.0777. The summed E-state index contributed by atoms with van der Waals surface area (Å²) in [6.45, 7) is 11.2. The monoisotopic (exact) mass is 787 g/mol. The maximum atomic E-state index is 13.9. The Morgan fingerprint density at radius 1 is 1.09 bits per heavy atom. The van der Waals surface area contributed by atoms with Crippen LogP contribution in [0.25, 0.3) is 0 Å². The van der Waals surface area contributed by atoms with E-state index >= 15 is 0 Å². The van der Waals surface area contributed by atoms with Crippen LogP contribution >= 0.6 is 0 Å². The van der Waals surface area contributed by atoms with E-state index in [1.54, 1.807) is 24.1 Å². The lowest BCUT2D eigenvalue weighted by atomic mass is 9.55. The van der Waals surface area contributed by atoms with Crippen LogP contribution < -0.4 is 9.47 Å². The number of benzene rings is 1. The summed E-state index contributed by atoms with van der Waals surface area (Å²) >= 11 is 0. The lowest BCUT2D eigenvalue weighted by Crippen LogP contribution is -2.69. The molecule has 1 aromatic carbocycles. The highest BCUT2D eigenvalue weighted by Crippen LogP contribution is 2.61. The fourth-order valence-electron chi connectivity index (χ4n) is 9.03. The SMILES string of the molecule is C=CCCOC(=O)N(C)[C@H]1CC(=NOC2CCCCO2)C2=C[C@H](CCCCO)[C@@H](CCCCO)[C@@H]3c4cc(OCc5cccc(C)n5)ccc4O[C@@]1(OCC=C)[C@H]23. The number of hydrogen-bond donors (Lipinski definition) is 2. The summed E-state index contributed by atoms with van der Waals surface area (Å²) < 4.78 is 32.2. The molecule has 2 aromatic rings. The van der Waals surface area contributed by atoms with E-state index in [1.165, 1.54) is 0 Å². The van der Waals surface area contributed by atoms with Gasteiger partial charge in [0.25, 0.3) is 0 Å². The molecule has 1 unspecified atom stereocenters. The third-order valence-corrected chi connectivity index (χ3v) is 11.7. The van der Waals surface area contributed by atoms with Gasteiger partial charge in [-0.2, -0.15) is 0 Å². The van der Waals surface area contributed by atoms with E-state index in [4.69, 9.17) is 33.7 Å². The highest BCUT2D eigenvalue weighted by atomic mass is 16.8. The predicted molar refractivity (Wildman–Crippen MR) is 217 cm³/mol. The fraction of sp³-hybridized carbons (Fsp3) is 0.578. The summed E-state index contributed by atoms with van der Waals surface area (Å²) in [6, 6.07) is 11.1. The number of allylic oxidation sites excluding steroid dienone is 1. The average molecular weight is 788 g/mol. The van der Waals surface area contributed by atoms with Crippen LogP contribution in [0.3, 0.4) is 0 Å². The number of aromatic nitrogens is 1. The first-order valence-corrected chi connectivity index (χ1v) is 20.7.